The minimum absolute atomic E-state index is 1.03. The van der Waals surface area contributed by atoms with Crippen molar-refractivity contribution in [1.82, 2.24) is 0 Å². The third-order valence-electron chi connectivity index (χ3n) is 5.10. The van der Waals surface area contributed by atoms with Crippen molar-refractivity contribution in [2.45, 2.75) is 13.1 Å². The molecule has 0 amide bonds. The van der Waals surface area contributed by atoms with Gasteiger partial charge < -0.3 is 0 Å². The molecule has 0 radical (unpaired) electrons. The molecule has 0 aliphatic carbocycles. The van der Waals surface area contributed by atoms with Crippen molar-refractivity contribution in [1.29, 1.82) is 0 Å². The van der Waals surface area contributed by atoms with E-state index in [4.69, 9.17) is 0 Å². The van der Waals surface area contributed by atoms with E-state index in [1.54, 1.807) is 0 Å². The molecule has 0 aliphatic heterocycles. The molecule has 4 aromatic rings. The first-order valence-corrected chi connectivity index (χ1v) is 11.4. The summed E-state index contributed by atoms with van der Waals surface area (Å²) in [5.74, 6) is 0. The molecular weight excluding hydrogens is 343 g/mol. The van der Waals surface area contributed by atoms with Crippen LogP contribution in [0.25, 0.3) is 0 Å². The molecule has 0 spiro atoms. The fraction of sp³-hybridized carbons (Fsp3) is 0.0769. The predicted octanol–water partition coefficient (Wildman–Crippen LogP) is 5.49. The van der Waals surface area contributed by atoms with Gasteiger partial charge in [0.05, 0.1) is 6.16 Å². The standard InChI is InChI=1S/C26H24P/c1-22-12-11-19-26(20-22)27(24-15-7-3-8-16-24,25-17-9-4-10-18-25)21-23-13-5-2-6-14-23/h2-20H,21H2,1H3/q+1. The van der Waals surface area contributed by atoms with Gasteiger partial charge in [-0.2, -0.15) is 0 Å². The van der Waals surface area contributed by atoms with Crippen molar-refractivity contribution in [3.63, 3.8) is 0 Å². The summed E-state index contributed by atoms with van der Waals surface area (Å²) < 4.78 is 0. The molecule has 0 aromatic heterocycles. The van der Waals surface area contributed by atoms with E-state index in [1.807, 2.05) is 0 Å². The van der Waals surface area contributed by atoms with Crippen molar-refractivity contribution >= 4 is 23.2 Å². The number of benzene rings is 4. The first-order chi connectivity index (χ1) is 13.3. The molecule has 1 heteroatoms. The van der Waals surface area contributed by atoms with E-state index in [1.165, 1.54) is 27.0 Å². The molecule has 4 aromatic carbocycles. The molecule has 0 nitrogen and oxygen atoms in total. The fourth-order valence-electron chi connectivity index (χ4n) is 3.81. The molecule has 0 N–H and O–H groups in total. The highest BCUT2D eigenvalue weighted by atomic mass is 31.2. The lowest BCUT2D eigenvalue weighted by atomic mass is 10.2. The van der Waals surface area contributed by atoms with Crippen molar-refractivity contribution < 1.29 is 0 Å². The van der Waals surface area contributed by atoms with Gasteiger partial charge in [0, 0.05) is 0 Å². The Kier molecular flexibility index (Phi) is 5.19. The van der Waals surface area contributed by atoms with E-state index in [-0.39, 0.29) is 0 Å². The van der Waals surface area contributed by atoms with Gasteiger partial charge in [-0.25, -0.2) is 0 Å². The number of hydrogen-bond acceptors (Lipinski definition) is 0. The lowest BCUT2D eigenvalue weighted by Crippen LogP contribution is -2.32. The fourth-order valence-corrected chi connectivity index (χ4v) is 8.14. The predicted molar refractivity (Wildman–Crippen MR) is 120 cm³/mol. The maximum atomic E-state index is 2.39. The van der Waals surface area contributed by atoms with Crippen LogP contribution in [0.2, 0.25) is 0 Å². The second-order valence-electron chi connectivity index (χ2n) is 6.96. The molecule has 0 heterocycles. The van der Waals surface area contributed by atoms with Crippen LogP contribution >= 0.6 is 7.26 Å². The molecular formula is C26H24P+. The van der Waals surface area contributed by atoms with Crippen LogP contribution in [0, 0.1) is 6.92 Å². The van der Waals surface area contributed by atoms with Gasteiger partial charge in [0.25, 0.3) is 0 Å². The lowest BCUT2D eigenvalue weighted by Gasteiger charge is -2.28. The maximum absolute atomic E-state index is 2.39. The molecule has 132 valence electrons. The summed E-state index contributed by atoms with van der Waals surface area (Å²) in [6.45, 7) is 2.19. The molecule has 0 atom stereocenters. The lowest BCUT2D eigenvalue weighted by molar-refractivity contribution is 1.39. The third kappa shape index (κ3) is 3.59. The van der Waals surface area contributed by atoms with Crippen molar-refractivity contribution in [3.05, 3.63) is 126 Å². The van der Waals surface area contributed by atoms with Crippen molar-refractivity contribution in [2.24, 2.45) is 0 Å². The summed E-state index contributed by atoms with van der Waals surface area (Å²) in [7, 11) is -1.80. The summed E-state index contributed by atoms with van der Waals surface area (Å²) in [5.41, 5.74) is 2.71. The minimum Gasteiger partial charge on any atom is -0.0622 e. The van der Waals surface area contributed by atoms with Gasteiger partial charge in [-0.3, -0.25) is 0 Å². The van der Waals surface area contributed by atoms with Gasteiger partial charge >= 0.3 is 0 Å². The Balaban J connectivity index is 2.02. The van der Waals surface area contributed by atoms with E-state index < -0.39 is 7.26 Å². The van der Waals surface area contributed by atoms with E-state index in [0.717, 1.165) is 6.16 Å². The van der Waals surface area contributed by atoms with E-state index in [0.29, 0.717) is 0 Å². The Bertz CT molecular complexity index is 952. The minimum atomic E-state index is -1.80. The van der Waals surface area contributed by atoms with Crippen LogP contribution in [0.4, 0.5) is 0 Å². The highest BCUT2D eigenvalue weighted by Gasteiger charge is 2.45. The molecule has 0 aliphatic rings. The Morgan fingerprint density at radius 1 is 0.519 bits per heavy atom. The number of hydrogen-bond donors (Lipinski definition) is 0. The van der Waals surface area contributed by atoms with Crippen LogP contribution in [-0.2, 0) is 6.16 Å². The van der Waals surface area contributed by atoms with E-state index >= 15 is 0 Å². The number of rotatable bonds is 5. The van der Waals surface area contributed by atoms with Crippen molar-refractivity contribution in [3.8, 4) is 0 Å². The summed E-state index contributed by atoms with van der Waals surface area (Å²) in [5, 5.41) is 4.32. The van der Waals surface area contributed by atoms with Crippen LogP contribution < -0.4 is 15.9 Å². The summed E-state index contributed by atoms with van der Waals surface area (Å²) in [6, 6.07) is 42.2. The molecule has 0 unspecified atom stereocenters. The first-order valence-electron chi connectivity index (χ1n) is 9.39. The smallest absolute Gasteiger partial charge is 0.0622 e. The Morgan fingerprint density at radius 2 is 1.00 bits per heavy atom. The highest BCUT2D eigenvalue weighted by Crippen LogP contribution is 2.58. The summed E-state index contributed by atoms with van der Waals surface area (Å²) in [4.78, 5) is 0. The van der Waals surface area contributed by atoms with Crippen LogP contribution in [0.5, 0.6) is 0 Å². The quantitative estimate of drug-likeness (QED) is 0.409. The average Bonchev–Trinajstić information content (AvgIpc) is 2.74. The maximum Gasteiger partial charge on any atom is 0.116 e. The van der Waals surface area contributed by atoms with E-state index in [9.17, 15) is 0 Å². The van der Waals surface area contributed by atoms with Crippen molar-refractivity contribution in [2.75, 3.05) is 0 Å². The van der Waals surface area contributed by atoms with Crippen LogP contribution in [-0.4, -0.2) is 0 Å². The van der Waals surface area contributed by atoms with Crippen LogP contribution in [0.15, 0.2) is 115 Å². The molecule has 27 heavy (non-hydrogen) atoms. The van der Waals surface area contributed by atoms with Gasteiger partial charge in [0.2, 0.25) is 0 Å². The topological polar surface area (TPSA) is 0 Å². The Morgan fingerprint density at radius 3 is 1.52 bits per heavy atom. The van der Waals surface area contributed by atoms with Gasteiger partial charge in [-0.15, -0.1) is 0 Å². The molecule has 0 saturated heterocycles. The molecule has 0 bridgehead atoms. The SMILES string of the molecule is Cc1cccc([P+](Cc2ccccc2)(c2ccccc2)c2ccccc2)c1. The molecule has 4 rings (SSSR count). The third-order valence-corrected chi connectivity index (χ3v) is 9.46. The zero-order valence-corrected chi connectivity index (χ0v) is 16.5. The Labute approximate surface area is 162 Å². The van der Waals surface area contributed by atoms with Crippen LogP contribution in [0.1, 0.15) is 11.1 Å². The first kappa shape index (κ1) is 17.7. The normalized spacial score (nSPS) is 11.3. The molecule has 0 saturated carbocycles. The second kappa shape index (κ2) is 7.91. The monoisotopic (exact) mass is 367 g/mol. The van der Waals surface area contributed by atoms with Crippen LogP contribution in [0.3, 0.4) is 0 Å². The largest absolute Gasteiger partial charge is 0.116 e. The van der Waals surface area contributed by atoms with Gasteiger partial charge in [0.15, 0.2) is 0 Å². The van der Waals surface area contributed by atoms with Gasteiger partial charge in [0.1, 0.15) is 23.2 Å². The summed E-state index contributed by atoms with van der Waals surface area (Å²) in [6.07, 6.45) is 1.03. The zero-order valence-electron chi connectivity index (χ0n) is 15.6. The number of aryl methyl sites for hydroxylation is 1. The van der Waals surface area contributed by atoms with E-state index in [2.05, 4.69) is 122 Å². The molecule has 0 fully saturated rings. The highest BCUT2D eigenvalue weighted by molar-refractivity contribution is 7.95. The Hall–Kier alpha value is -2.69. The van der Waals surface area contributed by atoms with Gasteiger partial charge in [-0.1, -0.05) is 78.9 Å². The second-order valence-corrected chi connectivity index (χ2v) is 10.4. The average molecular weight is 367 g/mol. The summed E-state index contributed by atoms with van der Waals surface area (Å²) >= 11 is 0. The zero-order chi connectivity index (χ0) is 18.5. The van der Waals surface area contributed by atoms with Gasteiger partial charge in [-0.05, 0) is 54.4 Å².